The highest BCUT2D eigenvalue weighted by atomic mass is 127. The van der Waals surface area contributed by atoms with Crippen LogP contribution < -0.4 is 10.6 Å². The first-order chi connectivity index (χ1) is 11.3. The van der Waals surface area contributed by atoms with Crippen molar-refractivity contribution in [3.63, 3.8) is 0 Å². The number of nitrogens with zero attached hydrogens (tertiary/aromatic N) is 3. The SMILES string of the molecule is CCNC(=NCC(C)Cc1cccs1)NCCCn1ccnc1.I. The molecule has 1 atom stereocenters. The van der Waals surface area contributed by atoms with Gasteiger partial charge in [-0.2, -0.15) is 0 Å². The number of aryl methyl sites for hydroxylation is 1. The molecule has 1 unspecified atom stereocenters. The molecule has 0 aromatic carbocycles. The number of imidazole rings is 1. The van der Waals surface area contributed by atoms with Crippen molar-refractivity contribution in [3.05, 3.63) is 41.1 Å². The van der Waals surface area contributed by atoms with Crippen molar-refractivity contribution in [2.75, 3.05) is 19.6 Å². The maximum absolute atomic E-state index is 4.71. The molecule has 2 rings (SSSR count). The van der Waals surface area contributed by atoms with Crippen LogP contribution in [-0.4, -0.2) is 35.1 Å². The number of nitrogens with one attached hydrogen (secondary N) is 2. The van der Waals surface area contributed by atoms with Gasteiger partial charge in [0.05, 0.1) is 6.33 Å². The summed E-state index contributed by atoms with van der Waals surface area (Å²) in [5, 5.41) is 8.85. The zero-order valence-electron chi connectivity index (χ0n) is 14.4. The Bertz CT molecular complexity index is 554. The number of aliphatic imine (C=N–C) groups is 1. The van der Waals surface area contributed by atoms with Crippen molar-refractivity contribution >= 4 is 41.3 Å². The summed E-state index contributed by atoms with van der Waals surface area (Å²) in [7, 11) is 0. The van der Waals surface area contributed by atoms with Crippen molar-refractivity contribution in [3.8, 4) is 0 Å². The normalized spacial score (nSPS) is 12.5. The highest BCUT2D eigenvalue weighted by Crippen LogP contribution is 2.14. The Morgan fingerprint density at radius 1 is 1.42 bits per heavy atom. The maximum Gasteiger partial charge on any atom is 0.191 e. The van der Waals surface area contributed by atoms with E-state index in [1.165, 1.54) is 4.88 Å². The predicted molar refractivity (Wildman–Crippen MR) is 113 cm³/mol. The van der Waals surface area contributed by atoms with Gasteiger partial charge in [-0.3, -0.25) is 4.99 Å². The first kappa shape index (κ1) is 21.0. The summed E-state index contributed by atoms with van der Waals surface area (Å²) in [4.78, 5) is 10.2. The molecule has 0 saturated heterocycles. The summed E-state index contributed by atoms with van der Waals surface area (Å²) in [5.74, 6) is 1.46. The fraction of sp³-hybridized carbons (Fsp3) is 0.529. The molecule has 0 aliphatic rings. The van der Waals surface area contributed by atoms with Gasteiger partial charge in [0.25, 0.3) is 0 Å². The van der Waals surface area contributed by atoms with E-state index in [0.717, 1.165) is 45.0 Å². The van der Waals surface area contributed by atoms with E-state index >= 15 is 0 Å². The van der Waals surface area contributed by atoms with Crippen LogP contribution in [0.3, 0.4) is 0 Å². The summed E-state index contributed by atoms with van der Waals surface area (Å²) < 4.78 is 2.09. The highest BCUT2D eigenvalue weighted by Gasteiger charge is 2.05. The second-order valence-electron chi connectivity index (χ2n) is 5.69. The fourth-order valence-corrected chi connectivity index (χ4v) is 3.18. The molecule has 0 aliphatic heterocycles. The van der Waals surface area contributed by atoms with Gasteiger partial charge in [0.15, 0.2) is 5.96 Å². The van der Waals surface area contributed by atoms with E-state index < -0.39 is 0 Å². The number of rotatable bonds is 9. The lowest BCUT2D eigenvalue weighted by Crippen LogP contribution is -2.38. The number of halogens is 1. The molecule has 2 aromatic rings. The molecule has 0 fully saturated rings. The van der Waals surface area contributed by atoms with Crippen LogP contribution in [0.25, 0.3) is 0 Å². The van der Waals surface area contributed by atoms with Gasteiger partial charge < -0.3 is 15.2 Å². The average molecular weight is 461 g/mol. The monoisotopic (exact) mass is 461 g/mol. The van der Waals surface area contributed by atoms with E-state index in [-0.39, 0.29) is 24.0 Å². The van der Waals surface area contributed by atoms with E-state index in [1.54, 1.807) is 0 Å². The largest absolute Gasteiger partial charge is 0.357 e. The first-order valence-corrected chi connectivity index (χ1v) is 9.16. The zero-order valence-corrected chi connectivity index (χ0v) is 17.6. The van der Waals surface area contributed by atoms with Crippen molar-refractivity contribution < 1.29 is 0 Å². The molecule has 0 aliphatic carbocycles. The third-order valence-electron chi connectivity index (χ3n) is 3.48. The topological polar surface area (TPSA) is 54.2 Å². The summed E-state index contributed by atoms with van der Waals surface area (Å²) >= 11 is 1.82. The summed E-state index contributed by atoms with van der Waals surface area (Å²) in [6.45, 7) is 7.95. The van der Waals surface area contributed by atoms with Crippen LogP contribution in [0, 0.1) is 5.92 Å². The molecular weight excluding hydrogens is 433 g/mol. The summed E-state index contributed by atoms with van der Waals surface area (Å²) in [6, 6.07) is 4.31. The second-order valence-corrected chi connectivity index (χ2v) is 6.72. The molecule has 0 radical (unpaired) electrons. The Labute approximate surface area is 166 Å². The third-order valence-corrected chi connectivity index (χ3v) is 4.38. The Balaban J connectivity index is 0.00000288. The van der Waals surface area contributed by atoms with Crippen LogP contribution in [-0.2, 0) is 13.0 Å². The number of hydrogen-bond acceptors (Lipinski definition) is 3. The Hall–Kier alpha value is -1.09. The molecule has 134 valence electrons. The number of thiophene rings is 1. The molecule has 0 bridgehead atoms. The number of aromatic nitrogens is 2. The zero-order chi connectivity index (χ0) is 16.3. The van der Waals surface area contributed by atoms with Crippen LogP contribution >= 0.6 is 35.3 Å². The molecule has 2 heterocycles. The van der Waals surface area contributed by atoms with Gasteiger partial charge in [-0.15, -0.1) is 35.3 Å². The van der Waals surface area contributed by atoms with Crippen LogP contribution in [0.15, 0.2) is 41.2 Å². The van der Waals surface area contributed by atoms with E-state index in [0.29, 0.717) is 5.92 Å². The highest BCUT2D eigenvalue weighted by molar-refractivity contribution is 14.0. The van der Waals surface area contributed by atoms with Crippen LogP contribution in [0.2, 0.25) is 0 Å². The van der Waals surface area contributed by atoms with Crippen molar-refractivity contribution in [2.45, 2.75) is 33.2 Å². The van der Waals surface area contributed by atoms with Gasteiger partial charge in [0.2, 0.25) is 0 Å². The minimum absolute atomic E-state index is 0. The Morgan fingerprint density at radius 3 is 2.96 bits per heavy atom. The quantitative estimate of drug-likeness (QED) is 0.261. The molecule has 24 heavy (non-hydrogen) atoms. The molecule has 0 amide bonds. The molecule has 0 spiro atoms. The Kier molecular flexibility index (Phi) is 10.7. The lowest BCUT2D eigenvalue weighted by molar-refractivity contribution is 0.590. The van der Waals surface area contributed by atoms with Gasteiger partial charge in [-0.1, -0.05) is 13.0 Å². The summed E-state index contributed by atoms with van der Waals surface area (Å²) in [5.41, 5.74) is 0. The number of hydrogen-bond donors (Lipinski definition) is 2. The molecule has 5 nitrogen and oxygen atoms in total. The van der Waals surface area contributed by atoms with Crippen molar-refractivity contribution in [2.24, 2.45) is 10.9 Å². The van der Waals surface area contributed by atoms with E-state index in [9.17, 15) is 0 Å². The smallest absolute Gasteiger partial charge is 0.191 e. The van der Waals surface area contributed by atoms with Crippen LogP contribution in [0.1, 0.15) is 25.1 Å². The second kappa shape index (κ2) is 12.3. The van der Waals surface area contributed by atoms with Gasteiger partial charge >= 0.3 is 0 Å². The van der Waals surface area contributed by atoms with Gasteiger partial charge in [-0.05, 0) is 37.1 Å². The predicted octanol–water partition coefficient (Wildman–Crippen LogP) is 3.39. The molecular formula is C17H28IN5S. The molecule has 7 heteroatoms. The summed E-state index contributed by atoms with van der Waals surface area (Å²) in [6.07, 6.45) is 7.80. The van der Waals surface area contributed by atoms with Crippen LogP contribution in [0.4, 0.5) is 0 Å². The van der Waals surface area contributed by atoms with Crippen LogP contribution in [0.5, 0.6) is 0 Å². The molecule has 2 aromatic heterocycles. The first-order valence-electron chi connectivity index (χ1n) is 8.28. The van der Waals surface area contributed by atoms with E-state index in [1.807, 2.05) is 30.1 Å². The van der Waals surface area contributed by atoms with E-state index in [2.05, 4.69) is 51.5 Å². The lowest BCUT2D eigenvalue weighted by Gasteiger charge is -2.13. The third kappa shape index (κ3) is 8.14. The maximum atomic E-state index is 4.71. The van der Waals surface area contributed by atoms with Gasteiger partial charge in [0, 0.05) is 43.4 Å². The number of guanidine groups is 1. The average Bonchev–Trinajstić information content (AvgIpc) is 3.22. The van der Waals surface area contributed by atoms with Gasteiger partial charge in [0.1, 0.15) is 0 Å². The molecule has 0 saturated carbocycles. The lowest BCUT2D eigenvalue weighted by atomic mass is 10.1. The Morgan fingerprint density at radius 2 is 2.29 bits per heavy atom. The van der Waals surface area contributed by atoms with Crippen molar-refractivity contribution in [1.82, 2.24) is 20.2 Å². The minimum atomic E-state index is 0. The minimum Gasteiger partial charge on any atom is -0.357 e. The van der Waals surface area contributed by atoms with Gasteiger partial charge in [-0.25, -0.2) is 4.98 Å². The fourth-order valence-electron chi connectivity index (χ4n) is 2.31. The van der Waals surface area contributed by atoms with E-state index in [4.69, 9.17) is 4.99 Å². The van der Waals surface area contributed by atoms with Crippen molar-refractivity contribution in [1.29, 1.82) is 0 Å². The molecule has 2 N–H and O–H groups in total. The standard InChI is InChI=1S/C17H27N5S.HI/c1-3-19-17(20-7-5-9-22-10-8-18-14-22)21-13-15(2)12-16-6-4-11-23-16;/h4,6,8,10-11,14-15H,3,5,7,9,12-13H2,1-2H3,(H2,19,20,21);1H.